The molecule has 0 atom stereocenters. The van der Waals surface area contributed by atoms with Crippen molar-refractivity contribution in [3.8, 4) is 0 Å². The van der Waals surface area contributed by atoms with Crippen LogP contribution in [-0.2, 0) is 6.42 Å². The fourth-order valence-corrected chi connectivity index (χ4v) is 3.16. The molecule has 1 aliphatic rings. The molecule has 1 saturated heterocycles. The molecule has 1 fully saturated rings. The van der Waals surface area contributed by atoms with Crippen molar-refractivity contribution in [1.29, 1.82) is 0 Å². The smallest absolute Gasteiger partial charge is 0.0304 e. The molecule has 0 aromatic heterocycles. The van der Waals surface area contributed by atoms with Crippen LogP contribution >= 0.6 is 0 Å². The van der Waals surface area contributed by atoms with Gasteiger partial charge in [0.1, 0.15) is 0 Å². The summed E-state index contributed by atoms with van der Waals surface area (Å²) in [7, 11) is 0. The van der Waals surface area contributed by atoms with E-state index in [0.717, 1.165) is 19.5 Å². The molecular weight excluding hydrogens is 244 g/mol. The van der Waals surface area contributed by atoms with Crippen molar-refractivity contribution in [1.82, 2.24) is 10.2 Å². The highest BCUT2D eigenvalue weighted by atomic mass is 15.3. The second kappa shape index (κ2) is 6.28. The van der Waals surface area contributed by atoms with Gasteiger partial charge in [0.2, 0.25) is 0 Å². The van der Waals surface area contributed by atoms with Gasteiger partial charge in [-0.1, -0.05) is 44.2 Å². The summed E-state index contributed by atoms with van der Waals surface area (Å²) in [6.07, 6.45) is 3.57. The summed E-state index contributed by atoms with van der Waals surface area (Å²) < 4.78 is 0. The molecule has 1 heterocycles. The summed E-state index contributed by atoms with van der Waals surface area (Å²) in [4.78, 5) is 2.68. The first kappa shape index (κ1) is 15.5. The molecule has 0 radical (unpaired) electrons. The van der Waals surface area contributed by atoms with Crippen LogP contribution in [0.3, 0.4) is 0 Å². The van der Waals surface area contributed by atoms with Crippen LogP contribution < -0.4 is 5.32 Å². The fraction of sp³-hybridized carbons (Fsp3) is 0.667. The van der Waals surface area contributed by atoms with Crippen molar-refractivity contribution in [2.75, 3.05) is 19.6 Å². The molecule has 20 heavy (non-hydrogen) atoms. The maximum atomic E-state index is 3.81. The average Bonchev–Trinajstić information content (AvgIpc) is 2.48. The van der Waals surface area contributed by atoms with Gasteiger partial charge in [0.25, 0.3) is 0 Å². The Morgan fingerprint density at radius 1 is 1.10 bits per heavy atom. The molecule has 0 amide bonds. The lowest BCUT2D eigenvalue weighted by Gasteiger charge is -2.52. The largest absolute Gasteiger partial charge is 0.308 e. The van der Waals surface area contributed by atoms with E-state index in [2.05, 4.69) is 68.2 Å². The lowest BCUT2D eigenvalue weighted by molar-refractivity contribution is 0.0236. The van der Waals surface area contributed by atoms with Crippen molar-refractivity contribution < 1.29 is 0 Å². The van der Waals surface area contributed by atoms with Crippen LogP contribution in [0.2, 0.25) is 0 Å². The van der Waals surface area contributed by atoms with Gasteiger partial charge < -0.3 is 5.32 Å². The minimum atomic E-state index is 0.253. The molecule has 1 aliphatic heterocycles. The lowest BCUT2D eigenvalue weighted by atomic mass is 9.84. The quantitative estimate of drug-likeness (QED) is 0.884. The summed E-state index contributed by atoms with van der Waals surface area (Å²) in [6.45, 7) is 12.7. The Labute approximate surface area is 124 Å². The van der Waals surface area contributed by atoms with Crippen LogP contribution in [0.25, 0.3) is 0 Å². The summed E-state index contributed by atoms with van der Waals surface area (Å²) in [6, 6.07) is 10.9. The first-order valence-electron chi connectivity index (χ1n) is 8.05. The van der Waals surface area contributed by atoms with E-state index in [1.807, 2.05) is 0 Å². The number of rotatable bonds is 5. The van der Waals surface area contributed by atoms with E-state index in [9.17, 15) is 0 Å². The first-order chi connectivity index (χ1) is 9.51. The fourth-order valence-electron chi connectivity index (χ4n) is 3.16. The zero-order valence-electron chi connectivity index (χ0n) is 13.6. The number of nitrogens with one attached hydrogen (secondary N) is 1. The van der Waals surface area contributed by atoms with Crippen molar-refractivity contribution >= 4 is 0 Å². The van der Waals surface area contributed by atoms with Gasteiger partial charge in [-0.25, -0.2) is 0 Å². The Hall–Kier alpha value is -0.860. The van der Waals surface area contributed by atoms with Gasteiger partial charge in [0, 0.05) is 30.7 Å². The van der Waals surface area contributed by atoms with Gasteiger partial charge in [0.15, 0.2) is 0 Å². The van der Waals surface area contributed by atoms with Gasteiger partial charge in [0.05, 0.1) is 0 Å². The molecular formula is C18H30N2. The molecule has 2 nitrogen and oxygen atoms in total. The summed E-state index contributed by atoms with van der Waals surface area (Å²) in [5.74, 6) is 0. The lowest BCUT2D eigenvalue weighted by Crippen LogP contribution is -2.68. The Morgan fingerprint density at radius 2 is 1.75 bits per heavy atom. The standard InChI is InChI=1S/C18H30N2/c1-5-18(6-2)15-20(17(3,4)14-19-18)13-12-16-10-8-7-9-11-16/h7-11,19H,5-6,12-15H2,1-4H3. The molecule has 0 aliphatic carbocycles. The first-order valence-corrected chi connectivity index (χ1v) is 8.05. The zero-order chi connectivity index (χ0) is 14.6. The SMILES string of the molecule is CCC1(CC)CN(CCc2ccccc2)C(C)(C)CN1. The summed E-state index contributed by atoms with van der Waals surface area (Å²) in [5, 5.41) is 3.81. The van der Waals surface area contributed by atoms with E-state index >= 15 is 0 Å². The number of nitrogens with zero attached hydrogens (tertiary/aromatic N) is 1. The second-order valence-electron chi connectivity index (χ2n) is 6.81. The monoisotopic (exact) mass is 274 g/mol. The third-order valence-electron chi connectivity index (χ3n) is 5.11. The summed E-state index contributed by atoms with van der Waals surface area (Å²) in [5.41, 5.74) is 2.01. The van der Waals surface area contributed by atoms with E-state index in [4.69, 9.17) is 0 Å². The maximum Gasteiger partial charge on any atom is 0.0304 e. The van der Waals surface area contributed by atoms with Crippen molar-refractivity contribution in [2.45, 2.75) is 58.0 Å². The number of hydrogen-bond acceptors (Lipinski definition) is 2. The molecule has 2 heteroatoms. The van der Waals surface area contributed by atoms with E-state index in [1.165, 1.54) is 24.9 Å². The minimum absolute atomic E-state index is 0.253. The molecule has 2 rings (SSSR count). The third-order valence-corrected chi connectivity index (χ3v) is 5.11. The second-order valence-corrected chi connectivity index (χ2v) is 6.81. The Kier molecular flexibility index (Phi) is 4.87. The van der Waals surface area contributed by atoms with Crippen LogP contribution in [0.1, 0.15) is 46.1 Å². The third kappa shape index (κ3) is 3.42. The highest BCUT2D eigenvalue weighted by Crippen LogP contribution is 2.28. The van der Waals surface area contributed by atoms with E-state index in [1.54, 1.807) is 0 Å². The van der Waals surface area contributed by atoms with Crippen LogP contribution in [0.15, 0.2) is 30.3 Å². The molecule has 0 saturated carbocycles. The number of hydrogen-bond donors (Lipinski definition) is 1. The molecule has 0 bridgehead atoms. The molecule has 112 valence electrons. The molecule has 1 aromatic rings. The zero-order valence-corrected chi connectivity index (χ0v) is 13.6. The highest BCUT2D eigenvalue weighted by Gasteiger charge is 2.40. The normalized spacial score (nSPS) is 21.8. The average molecular weight is 274 g/mol. The van der Waals surface area contributed by atoms with Crippen LogP contribution in [0.4, 0.5) is 0 Å². The highest BCUT2D eigenvalue weighted by molar-refractivity contribution is 5.15. The molecule has 0 unspecified atom stereocenters. The maximum absolute atomic E-state index is 3.81. The predicted molar refractivity (Wildman–Crippen MR) is 87.1 cm³/mol. The van der Waals surface area contributed by atoms with Crippen LogP contribution in [0, 0.1) is 0 Å². The van der Waals surface area contributed by atoms with Gasteiger partial charge >= 0.3 is 0 Å². The van der Waals surface area contributed by atoms with Crippen LogP contribution in [0.5, 0.6) is 0 Å². The van der Waals surface area contributed by atoms with E-state index in [0.29, 0.717) is 5.54 Å². The van der Waals surface area contributed by atoms with Crippen molar-refractivity contribution in [3.63, 3.8) is 0 Å². The van der Waals surface area contributed by atoms with Crippen molar-refractivity contribution in [2.24, 2.45) is 0 Å². The van der Waals surface area contributed by atoms with Gasteiger partial charge in [-0.3, -0.25) is 4.90 Å². The van der Waals surface area contributed by atoms with E-state index in [-0.39, 0.29) is 5.54 Å². The number of piperazine rings is 1. The topological polar surface area (TPSA) is 15.3 Å². The molecule has 0 spiro atoms. The molecule has 1 N–H and O–H groups in total. The minimum Gasteiger partial charge on any atom is -0.308 e. The Balaban J connectivity index is 2.03. The van der Waals surface area contributed by atoms with Gasteiger partial charge in [-0.2, -0.15) is 0 Å². The van der Waals surface area contributed by atoms with Crippen molar-refractivity contribution in [3.05, 3.63) is 35.9 Å². The van der Waals surface area contributed by atoms with Crippen LogP contribution in [-0.4, -0.2) is 35.6 Å². The Bertz CT molecular complexity index is 407. The summed E-state index contributed by atoms with van der Waals surface area (Å²) >= 11 is 0. The van der Waals surface area contributed by atoms with E-state index < -0.39 is 0 Å². The Morgan fingerprint density at radius 3 is 2.35 bits per heavy atom. The van der Waals surface area contributed by atoms with Gasteiger partial charge in [-0.05, 0) is 38.7 Å². The predicted octanol–water partition coefficient (Wildman–Crippen LogP) is 3.47. The molecule has 1 aromatic carbocycles. The number of benzene rings is 1. The van der Waals surface area contributed by atoms with Gasteiger partial charge in [-0.15, -0.1) is 0 Å².